The Hall–Kier alpha value is -2.61. The Labute approximate surface area is 150 Å². The van der Waals surface area contributed by atoms with E-state index in [1.807, 2.05) is 0 Å². The van der Waals surface area contributed by atoms with Crippen molar-refractivity contribution >= 4 is 15.9 Å². The summed E-state index contributed by atoms with van der Waals surface area (Å²) in [5, 5.41) is 0. The van der Waals surface area contributed by atoms with Crippen LogP contribution in [0.2, 0.25) is 0 Å². The molecule has 1 fully saturated rings. The van der Waals surface area contributed by atoms with Crippen molar-refractivity contribution in [2.75, 3.05) is 13.2 Å². The number of benzene rings is 2. The van der Waals surface area contributed by atoms with Crippen molar-refractivity contribution < 1.29 is 27.1 Å². The Morgan fingerprint density at radius 3 is 2.62 bits per heavy atom. The van der Waals surface area contributed by atoms with Crippen molar-refractivity contribution in [1.82, 2.24) is 4.72 Å². The van der Waals surface area contributed by atoms with Gasteiger partial charge in [0.05, 0.1) is 4.90 Å². The average molecular weight is 377 g/mol. The number of rotatable bonds is 4. The molecule has 1 aliphatic heterocycles. The minimum atomic E-state index is -4.02. The summed E-state index contributed by atoms with van der Waals surface area (Å²) in [5.41, 5.74) is 0.696. The summed E-state index contributed by atoms with van der Waals surface area (Å²) in [6, 6.07) is 10.2. The molecule has 1 amide bonds. The van der Waals surface area contributed by atoms with Gasteiger partial charge in [0.25, 0.3) is 10.0 Å². The van der Waals surface area contributed by atoms with Crippen molar-refractivity contribution in [2.45, 2.75) is 17.2 Å². The zero-order valence-electron chi connectivity index (χ0n) is 13.6. The second-order valence-corrected chi connectivity index (χ2v) is 7.96. The van der Waals surface area contributed by atoms with Crippen LogP contribution in [0.15, 0.2) is 47.4 Å². The summed E-state index contributed by atoms with van der Waals surface area (Å²) < 4.78 is 51.1. The van der Waals surface area contributed by atoms with Gasteiger partial charge in [-0.1, -0.05) is 12.1 Å². The van der Waals surface area contributed by atoms with Gasteiger partial charge in [-0.2, -0.15) is 0 Å². The largest absolute Gasteiger partial charge is 0.486 e. The molecule has 0 bridgehead atoms. The number of nitrogens with one attached hydrogen (secondary N) is 1. The lowest BCUT2D eigenvalue weighted by molar-refractivity contribution is -0.120. The Kier molecular flexibility index (Phi) is 4.07. The summed E-state index contributed by atoms with van der Waals surface area (Å²) in [6.07, 6.45) is 0.492. The van der Waals surface area contributed by atoms with Crippen LogP contribution in [0.1, 0.15) is 17.9 Å². The number of carbonyl (C=O) groups is 1. The second-order valence-electron chi connectivity index (χ2n) is 6.28. The van der Waals surface area contributed by atoms with Crippen molar-refractivity contribution in [3.8, 4) is 11.5 Å². The van der Waals surface area contributed by atoms with Crippen molar-refractivity contribution in [3.63, 3.8) is 0 Å². The van der Waals surface area contributed by atoms with E-state index in [9.17, 15) is 17.6 Å². The molecule has 0 saturated heterocycles. The predicted octanol–water partition coefficient (Wildman–Crippen LogP) is 2.21. The Balaban J connectivity index is 1.47. The molecule has 2 aliphatic rings. The van der Waals surface area contributed by atoms with E-state index in [1.165, 1.54) is 30.3 Å². The highest BCUT2D eigenvalue weighted by atomic mass is 32.2. The van der Waals surface area contributed by atoms with Crippen LogP contribution in [0.25, 0.3) is 0 Å². The topological polar surface area (TPSA) is 81.7 Å². The van der Waals surface area contributed by atoms with E-state index in [4.69, 9.17) is 9.47 Å². The molecule has 0 radical (unpaired) electrons. The van der Waals surface area contributed by atoms with Crippen molar-refractivity contribution in [3.05, 3.63) is 53.8 Å². The number of amides is 1. The molecule has 26 heavy (non-hydrogen) atoms. The van der Waals surface area contributed by atoms with Gasteiger partial charge in [0, 0.05) is 12.0 Å². The number of fused-ring (bicyclic) bond motifs is 1. The molecule has 1 saturated carbocycles. The first kappa shape index (κ1) is 16.8. The maximum Gasteiger partial charge on any atom is 0.264 e. The third-order valence-electron chi connectivity index (χ3n) is 4.46. The number of carbonyl (C=O) groups excluding carboxylic acids is 1. The zero-order valence-corrected chi connectivity index (χ0v) is 14.5. The van der Waals surface area contributed by atoms with Gasteiger partial charge < -0.3 is 9.47 Å². The Morgan fingerprint density at radius 1 is 1.08 bits per heavy atom. The van der Waals surface area contributed by atoms with Gasteiger partial charge in [0.15, 0.2) is 11.5 Å². The Morgan fingerprint density at radius 2 is 1.85 bits per heavy atom. The lowest BCUT2D eigenvalue weighted by atomic mass is 10.1. The number of ether oxygens (including phenoxy) is 2. The van der Waals surface area contributed by atoms with Crippen molar-refractivity contribution in [2.24, 2.45) is 5.92 Å². The SMILES string of the molecule is O=C(NS(=O)(=O)c1ccc2c(c1)OCCO2)C1CC1c1cccc(F)c1. The molecule has 2 unspecified atom stereocenters. The highest BCUT2D eigenvalue weighted by Gasteiger charge is 2.45. The van der Waals surface area contributed by atoms with Gasteiger partial charge >= 0.3 is 0 Å². The Bertz CT molecular complexity index is 975. The van der Waals surface area contributed by atoms with Gasteiger partial charge in [-0.25, -0.2) is 17.5 Å². The van der Waals surface area contributed by atoms with E-state index in [-0.39, 0.29) is 16.6 Å². The fraction of sp³-hybridized carbons (Fsp3) is 0.278. The fourth-order valence-corrected chi connectivity index (χ4v) is 4.09. The molecule has 1 aliphatic carbocycles. The van der Waals surface area contributed by atoms with E-state index in [0.717, 1.165) is 0 Å². The summed E-state index contributed by atoms with van der Waals surface area (Å²) >= 11 is 0. The molecular weight excluding hydrogens is 361 g/mol. The molecule has 1 heterocycles. The molecule has 4 rings (SSSR count). The van der Waals surface area contributed by atoms with Gasteiger partial charge in [0.1, 0.15) is 19.0 Å². The first-order chi connectivity index (χ1) is 12.4. The van der Waals surface area contributed by atoms with Crippen LogP contribution < -0.4 is 14.2 Å². The average Bonchev–Trinajstić information content (AvgIpc) is 3.42. The van der Waals surface area contributed by atoms with Gasteiger partial charge in [-0.15, -0.1) is 0 Å². The third-order valence-corrected chi connectivity index (χ3v) is 5.81. The smallest absolute Gasteiger partial charge is 0.264 e. The quantitative estimate of drug-likeness (QED) is 0.883. The minimum Gasteiger partial charge on any atom is -0.486 e. The highest BCUT2D eigenvalue weighted by Crippen LogP contribution is 2.47. The molecule has 8 heteroatoms. The van der Waals surface area contributed by atoms with E-state index >= 15 is 0 Å². The normalized spacial score (nSPS) is 21.1. The lowest BCUT2D eigenvalue weighted by Gasteiger charge is -2.18. The van der Waals surface area contributed by atoms with Crippen molar-refractivity contribution in [1.29, 1.82) is 0 Å². The van der Waals surface area contributed by atoms with E-state index in [0.29, 0.717) is 36.7 Å². The molecule has 2 aromatic rings. The summed E-state index contributed by atoms with van der Waals surface area (Å²) in [7, 11) is -4.02. The first-order valence-corrected chi connectivity index (χ1v) is 9.64. The monoisotopic (exact) mass is 377 g/mol. The van der Waals surface area contributed by atoms with E-state index < -0.39 is 21.8 Å². The molecule has 0 aromatic heterocycles. The standard InChI is InChI=1S/C18H16FNO5S/c19-12-3-1-2-11(8-12)14-10-15(14)18(21)20-26(22,23)13-4-5-16-17(9-13)25-7-6-24-16/h1-5,8-9,14-15H,6-7,10H2,(H,20,21). The lowest BCUT2D eigenvalue weighted by Crippen LogP contribution is -2.32. The molecule has 136 valence electrons. The first-order valence-electron chi connectivity index (χ1n) is 8.16. The number of sulfonamides is 1. The molecule has 2 aromatic carbocycles. The van der Waals surface area contributed by atoms with E-state index in [2.05, 4.69) is 4.72 Å². The van der Waals surface area contributed by atoms with Gasteiger partial charge in [0.2, 0.25) is 5.91 Å². The van der Waals surface area contributed by atoms with Crippen LogP contribution in [-0.4, -0.2) is 27.5 Å². The second kappa shape index (κ2) is 6.28. The summed E-state index contributed by atoms with van der Waals surface area (Å²) in [4.78, 5) is 12.2. The number of hydrogen-bond acceptors (Lipinski definition) is 5. The minimum absolute atomic E-state index is 0.0712. The van der Waals surface area contributed by atoms with Crippen LogP contribution in [0, 0.1) is 11.7 Å². The maximum absolute atomic E-state index is 13.3. The maximum atomic E-state index is 13.3. The van der Waals surface area contributed by atoms with Gasteiger partial charge in [-0.3, -0.25) is 4.79 Å². The summed E-state index contributed by atoms with van der Waals surface area (Å²) in [6.45, 7) is 0.735. The molecule has 6 nitrogen and oxygen atoms in total. The third kappa shape index (κ3) is 3.24. The molecule has 0 spiro atoms. The van der Waals surface area contributed by atoms with Crippen LogP contribution in [-0.2, 0) is 14.8 Å². The van der Waals surface area contributed by atoms with Crippen LogP contribution >= 0.6 is 0 Å². The number of hydrogen-bond donors (Lipinski definition) is 1. The fourth-order valence-electron chi connectivity index (χ4n) is 3.05. The predicted molar refractivity (Wildman–Crippen MR) is 90.0 cm³/mol. The van der Waals surface area contributed by atoms with E-state index in [1.54, 1.807) is 12.1 Å². The number of halogens is 1. The molecular formula is C18H16FNO5S. The van der Waals surface area contributed by atoms with Gasteiger partial charge in [-0.05, 0) is 42.2 Å². The molecule has 2 atom stereocenters. The van der Waals surface area contributed by atoms with Crippen LogP contribution in [0.5, 0.6) is 11.5 Å². The zero-order chi connectivity index (χ0) is 18.3. The summed E-state index contributed by atoms with van der Waals surface area (Å²) in [5.74, 6) is -0.818. The van der Waals surface area contributed by atoms with Crippen LogP contribution in [0.3, 0.4) is 0 Å². The highest BCUT2D eigenvalue weighted by molar-refractivity contribution is 7.90. The van der Waals surface area contributed by atoms with Crippen LogP contribution in [0.4, 0.5) is 4.39 Å². The molecule has 1 N–H and O–H groups in total.